The van der Waals surface area contributed by atoms with Crippen LogP contribution in [0, 0.1) is 0 Å². The van der Waals surface area contributed by atoms with Gasteiger partial charge in [0.2, 0.25) is 5.54 Å². The van der Waals surface area contributed by atoms with E-state index < -0.39 is 23.4 Å². The van der Waals surface area contributed by atoms with Gasteiger partial charge in [0, 0.05) is 12.1 Å². The average molecular weight is 292 g/mol. The Kier molecular flexibility index (Phi) is 4.61. The summed E-state index contributed by atoms with van der Waals surface area (Å²) in [6.45, 7) is 0.420. The zero-order valence-corrected chi connectivity index (χ0v) is 11.3. The van der Waals surface area contributed by atoms with Crippen molar-refractivity contribution in [1.29, 1.82) is 0 Å². The number of carbonyl (C=O) groups is 3. The molecule has 0 aliphatic carbocycles. The van der Waals surface area contributed by atoms with E-state index in [1.54, 1.807) is 5.48 Å². The van der Waals surface area contributed by atoms with E-state index in [1.807, 2.05) is 34.9 Å². The Balaban J connectivity index is 2.22. The lowest BCUT2D eigenvalue weighted by Crippen LogP contribution is -2.72. The van der Waals surface area contributed by atoms with Crippen molar-refractivity contribution in [3.63, 3.8) is 0 Å². The van der Waals surface area contributed by atoms with Crippen LogP contribution in [0.15, 0.2) is 29.3 Å². The van der Waals surface area contributed by atoms with Gasteiger partial charge in [-0.3, -0.25) is 25.2 Å². The molecular formula is C13H16N4O4. The second-order valence-corrected chi connectivity index (χ2v) is 4.73. The van der Waals surface area contributed by atoms with Gasteiger partial charge < -0.3 is 5.21 Å². The maximum atomic E-state index is 12.0. The molecule has 0 bridgehead atoms. The number of carbonyl (C=O) groups excluding carboxylic acids is 3. The Morgan fingerprint density at radius 1 is 1.19 bits per heavy atom. The number of hydrogen-bond donors (Lipinski definition) is 4. The van der Waals surface area contributed by atoms with Crippen molar-refractivity contribution < 1.29 is 19.6 Å². The van der Waals surface area contributed by atoms with Gasteiger partial charge in [-0.05, 0) is 12.8 Å². The molecule has 112 valence electrons. The summed E-state index contributed by atoms with van der Waals surface area (Å²) in [5.74, 6) is -1.79. The molecule has 0 saturated carbocycles. The third-order valence-electron chi connectivity index (χ3n) is 3.29. The first-order valence-electron chi connectivity index (χ1n) is 6.50. The minimum absolute atomic E-state index is 0.115. The van der Waals surface area contributed by atoms with Gasteiger partial charge in [-0.15, -0.1) is 0 Å². The van der Waals surface area contributed by atoms with Crippen molar-refractivity contribution in [2.24, 2.45) is 4.99 Å². The van der Waals surface area contributed by atoms with Crippen molar-refractivity contribution in [3.05, 3.63) is 24.3 Å². The van der Waals surface area contributed by atoms with Gasteiger partial charge in [0.1, 0.15) is 0 Å². The summed E-state index contributed by atoms with van der Waals surface area (Å²) in [5.41, 5.74) is 0.411. The van der Waals surface area contributed by atoms with Crippen molar-refractivity contribution in [3.8, 4) is 0 Å². The zero-order chi connectivity index (χ0) is 15.3. The quantitative estimate of drug-likeness (QED) is 0.424. The molecule has 0 spiro atoms. The van der Waals surface area contributed by atoms with Gasteiger partial charge >= 0.3 is 6.03 Å². The smallest absolute Gasteiger partial charge is 0.315 e. The van der Waals surface area contributed by atoms with Gasteiger partial charge in [0.15, 0.2) is 0 Å². The molecule has 0 aromatic heterocycles. The van der Waals surface area contributed by atoms with E-state index in [1.165, 1.54) is 0 Å². The molecular weight excluding hydrogens is 276 g/mol. The predicted octanol–water partition coefficient (Wildman–Crippen LogP) is -0.193. The first kappa shape index (κ1) is 15.1. The highest BCUT2D eigenvalue weighted by Gasteiger charge is 2.51. The number of nitrogens with one attached hydrogen (secondary N) is 3. The Bertz CT molecular complexity index is 530. The number of barbiturate groups is 1. The summed E-state index contributed by atoms with van der Waals surface area (Å²) in [7, 11) is 0. The predicted molar refractivity (Wildman–Crippen MR) is 73.8 cm³/mol. The molecule has 0 aromatic rings. The molecule has 0 radical (unpaired) electrons. The number of allylic oxidation sites excluding steroid dienone is 3. The number of urea groups is 1. The van der Waals surface area contributed by atoms with Gasteiger partial charge in [-0.2, -0.15) is 5.48 Å². The lowest BCUT2D eigenvalue weighted by atomic mass is 9.88. The molecule has 2 rings (SSSR count). The van der Waals surface area contributed by atoms with E-state index in [0.29, 0.717) is 25.1 Å². The molecule has 2 heterocycles. The third kappa shape index (κ3) is 3.23. The van der Waals surface area contributed by atoms with Gasteiger partial charge in [0.25, 0.3) is 11.8 Å². The lowest BCUT2D eigenvalue weighted by molar-refractivity contribution is -0.145. The highest BCUT2D eigenvalue weighted by Crippen LogP contribution is 2.18. The Morgan fingerprint density at radius 2 is 1.86 bits per heavy atom. The van der Waals surface area contributed by atoms with Crippen molar-refractivity contribution in [2.45, 2.75) is 24.8 Å². The molecule has 1 fully saturated rings. The van der Waals surface area contributed by atoms with Crippen LogP contribution >= 0.6 is 0 Å². The van der Waals surface area contributed by atoms with Crippen LogP contribution < -0.4 is 16.1 Å². The fourth-order valence-electron chi connectivity index (χ4n) is 2.13. The van der Waals surface area contributed by atoms with Gasteiger partial charge in [-0.25, -0.2) is 4.79 Å². The maximum absolute atomic E-state index is 12.0. The van der Waals surface area contributed by atoms with E-state index in [9.17, 15) is 19.6 Å². The SMILES string of the molecule is O=C1NC(=O)C(CC2=NCC=CC=CCC2)(NO)C(=O)N1. The first-order chi connectivity index (χ1) is 10.1. The highest BCUT2D eigenvalue weighted by molar-refractivity contribution is 6.24. The van der Waals surface area contributed by atoms with Crippen LogP contribution in [0.3, 0.4) is 0 Å². The maximum Gasteiger partial charge on any atom is 0.328 e. The van der Waals surface area contributed by atoms with E-state index >= 15 is 0 Å². The van der Waals surface area contributed by atoms with Crippen LogP contribution in [0.4, 0.5) is 4.79 Å². The second-order valence-electron chi connectivity index (χ2n) is 4.73. The van der Waals surface area contributed by atoms with Crippen LogP contribution in [0.1, 0.15) is 19.3 Å². The molecule has 2 aliphatic heterocycles. The normalized spacial score (nSPS) is 21.8. The van der Waals surface area contributed by atoms with E-state index in [2.05, 4.69) is 4.99 Å². The van der Waals surface area contributed by atoms with Gasteiger partial charge in [0.05, 0.1) is 6.54 Å². The van der Waals surface area contributed by atoms with Crippen molar-refractivity contribution >= 4 is 23.6 Å². The number of hydrogen-bond acceptors (Lipinski definition) is 6. The molecule has 0 unspecified atom stereocenters. The Labute approximate surface area is 121 Å². The number of amides is 4. The fraction of sp³-hybridized carbons (Fsp3) is 0.385. The topological polar surface area (TPSA) is 120 Å². The third-order valence-corrected chi connectivity index (χ3v) is 3.29. The summed E-state index contributed by atoms with van der Waals surface area (Å²) in [6, 6.07) is -0.904. The minimum Gasteiger partial charge on any atom is -0.315 e. The van der Waals surface area contributed by atoms with Crippen LogP contribution in [0.25, 0.3) is 0 Å². The number of imide groups is 2. The fourth-order valence-corrected chi connectivity index (χ4v) is 2.13. The lowest BCUT2D eigenvalue weighted by Gasteiger charge is -2.32. The monoisotopic (exact) mass is 292 g/mol. The van der Waals surface area contributed by atoms with Crippen LogP contribution in [-0.2, 0) is 9.59 Å². The highest BCUT2D eigenvalue weighted by atomic mass is 16.5. The summed E-state index contributed by atoms with van der Waals surface area (Å²) < 4.78 is 0. The number of nitrogens with zero attached hydrogens (tertiary/aromatic N) is 1. The first-order valence-corrected chi connectivity index (χ1v) is 6.50. The van der Waals surface area contributed by atoms with E-state index in [4.69, 9.17) is 0 Å². The summed E-state index contributed by atoms with van der Waals surface area (Å²) in [6.07, 6.45) is 8.69. The molecule has 8 nitrogen and oxygen atoms in total. The molecule has 8 heteroatoms. The van der Waals surface area contributed by atoms with Crippen molar-refractivity contribution in [2.75, 3.05) is 6.54 Å². The Morgan fingerprint density at radius 3 is 2.52 bits per heavy atom. The number of hydroxylamine groups is 1. The largest absolute Gasteiger partial charge is 0.328 e. The standard InChI is InChI=1S/C13H16N4O4/c18-10-13(17-21,11(19)16-12(20)15-10)8-9-6-4-2-1-3-5-7-14-9/h1-3,5,17,21H,4,6-8H2,(H2,15,16,18,19,20). The molecule has 0 atom stereocenters. The second kappa shape index (κ2) is 6.42. The van der Waals surface area contributed by atoms with Crippen LogP contribution in [0.5, 0.6) is 0 Å². The van der Waals surface area contributed by atoms with Gasteiger partial charge in [-0.1, -0.05) is 24.3 Å². The van der Waals surface area contributed by atoms with Crippen LogP contribution in [-0.4, -0.2) is 40.8 Å². The molecule has 0 aromatic carbocycles. The minimum atomic E-state index is -1.94. The molecule has 2 aliphatic rings. The zero-order valence-electron chi connectivity index (χ0n) is 11.3. The number of aliphatic imine (C=N–C) groups is 1. The average Bonchev–Trinajstić information content (AvgIpc) is 2.56. The molecule has 21 heavy (non-hydrogen) atoms. The number of rotatable bonds is 3. The van der Waals surface area contributed by atoms with Crippen LogP contribution in [0.2, 0.25) is 0 Å². The van der Waals surface area contributed by atoms with E-state index in [-0.39, 0.29) is 6.42 Å². The molecule has 1 saturated heterocycles. The summed E-state index contributed by atoms with van der Waals surface area (Å²) >= 11 is 0. The molecule has 4 amide bonds. The van der Waals surface area contributed by atoms with Crippen molar-refractivity contribution in [1.82, 2.24) is 16.1 Å². The summed E-state index contributed by atoms with van der Waals surface area (Å²) in [4.78, 5) is 39.3. The Hall–Kier alpha value is -2.32. The molecule has 4 N–H and O–H groups in total. The van der Waals surface area contributed by atoms with E-state index in [0.717, 1.165) is 0 Å². The summed E-state index contributed by atoms with van der Waals surface area (Å²) in [5, 5.41) is 13.2.